The smallest absolute Gasteiger partial charge is 0.127 e. The maximum absolute atomic E-state index is 4.54. The van der Waals surface area contributed by atoms with Gasteiger partial charge in [0.15, 0.2) is 0 Å². The summed E-state index contributed by atoms with van der Waals surface area (Å²) in [5, 5.41) is 0. The van der Waals surface area contributed by atoms with E-state index in [0.717, 1.165) is 23.4 Å². The number of rotatable bonds is 1. The van der Waals surface area contributed by atoms with E-state index in [1.165, 1.54) is 28.8 Å². The van der Waals surface area contributed by atoms with Crippen LogP contribution in [0.2, 0.25) is 0 Å². The van der Waals surface area contributed by atoms with Crippen molar-refractivity contribution in [1.29, 1.82) is 0 Å². The summed E-state index contributed by atoms with van der Waals surface area (Å²) < 4.78 is 3.40. The molecule has 100 valence electrons. The lowest BCUT2D eigenvalue weighted by atomic mass is 9.89. The number of imidazole rings is 1. The number of aryl methyl sites for hydroxylation is 3. The Kier molecular flexibility index (Phi) is 3.25. The number of halogens is 1. The highest BCUT2D eigenvalue weighted by atomic mass is 79.9. The Morgan fingerprint density at radius 3 is 2.53 bits per heavy atom. The molecule has 0 amide bonds. The molecule has 3 heteroatoms. The van der Waals surface area contributed by atoms with Crippen molar-refractivity contribution in [3.05, 3.63) is 51.0 Å². The lowest BCUT2D eigenvalue weighted by Gasteiger charge is -2.26. The standard InChI is InChI=1S/C16H19BrN2/c1-10-6-11(2)8-14(7-10)13-4-5-15-16(17)18-12(3)19(15)9-13/h6-8,13H,4-5,9H2,1-3H3. The summed E-state index contributed by atoms with van der Waals surface area (Å²) in [6, 6.07) is 6.92. The third-order valence-corrected chi connectivity index (χ3v) is 4.70. The van der Waals surface area contributed by atoms with Gasteiger partial charge in [-0.25, -0.2) is 4.98 Å². The van der Waals surface area contributed by atoms with Crippen molar-refractivity contribution < 1.29 is 0 Å². The molecule has 2 heterocycles. The molecule has 0 aliphatic carbocycles. The first-order valence-electron chi connectivity index (χ1n) is 6.84. The number of hydrogen-bond donors (Lipinski definition) is 0. The molecule has 1 aliphatic heterocycles. The molecule has 1 aliphatic rings. The topological polar surface area (TPSA) is 17.8 Å². The van der Waals surface area contributed by atoms with Crippen LogP contribution in [0.4, 0.5) is 0 Å². The molecule has 3 rings (SSSR count). The quantitative estimate of drug-likeness (QED) is 0.766. The van der Waals surface area contributed by atoms with Crippen LogP contribution in [0.5, 0.6) is 0 Å². The van der Waals surface area contributed by atoms with E-state index >= 15 is 0 Å². The van der Waals surface area contributed by atoms with Gasteiger partial charge in [0.25, 0.3) is 0 Å². The van der Waals surface area contributed by atoms with E-state index in [9.17, 15) is 0 Å². The van der Waals surface area contributed by atoms with E-state index < -0.39 is 0 Å². The third kappa shape index (κ3) is 2.36. The van der Waals surface area contributed by atoms with Crippen LogP contribution in [-0.4, -0.2) is 9.55 Å². The Morgan fingerprint density at radius 1 is 1.16 bits per heavy atom. The highest BCUT2D eigenvalue weighted by Gasteiger charge is 2.24. The second kappa shape index (κ2) is 4.78. The Bertz CT molecular complexity index is 608. The average Bonchev–Trinajstić information content (AvgIpc) is 2.63. The summed E-state index contributed by atoms with van der Waals surface area (Å²) in [4.78, 5) is 4.54. The Labute approximate surface area is 123 Å². The zero-order valence-electron chi connectivity index (χ0n) is 11.7. The highest BCUT2D eigenvalue weighted by Crippen LogP contribution is 2.33. The van der Waals surface area contributed by atoms with Crippen LogP contribution in [-0.2, 0) is 13.0 Å². The molecular weight excluding hydrogens is 300 g/mol. The summed E-state index contributed by atoms with van der Waals surface area (Å²) >= 11 is 3.57. The van der Waals surface area contributed by atoms with Gasteiger partial charge in [0.1, 0.15) is 10.4 Å². The van der Waals surface area contributed by atoms with Gasteiger partial charge in [-0.1, -0.05) is 29.3 Å². The molecule has 0 radical (unpaired) electrons. The van der Waals surface area contributed by atoms with Crippen molar-refractivity contribution in [2.45, 2.75) is 46.1 Å². The lowest BCUT2D eigenvalue weighted by Crippen LogP contribution is -2.19. The second-order valence-electron chi connectivity index (χ2n) is 5.66. The van der Waals surface area contributed by atoms with Gasteiger partial charge in [0.05, 0.1) is 5.69 Å². The minimum atomic E-state index is 0.617. The molecule has 0 fully saturated rings. The van der Waals surface area contributed by atoms with E-state index in [0.29, 0.717) is 5.92 Å². The summed E-state index contributed by atoms with van der Waals surface area (Å²) in [7, 11) is 0. The summed E-state index contributed by atoms with van der Waals surface area (Å²) in [6.45, 7) is 7.52. The van der Waals surface area contributed by atoms with Crippen LogP contribution in [0.3, 0.4) is 0 Å². The van der Waals surface area contributed by atoms with Crippen molar-refractivity contribution in [2.75, 3.05) is 0 Å². The van der Waals surface area contributed by atoms with E-state index in [1.54, 1.807) is 0 Å². The molecule has 0 bridgehead atoms. The number of benzene rings is 1. The van der Waals surface area contributed by atoms with Crippen molar-refractivity contribution in [1.82, 2.24) is 9.55 Å². The monoisotopic (exact) mass is 318 g/mol. The molecule has 0 spiro atoms. The predicted molar refractivity (Wildman–Crippen MR) is 81.6 cm³/mol. The summed E-state index contributed by atoms with van der Waals surface area (Å²) in [6.07, 6.45) is 2.33. The molecule has 19 heavy (non-hydrogen) atoms. The molecule has 0 saturated heterocycles. The van der Waals surface area contributed by atoms with E-state index in [-0.39, 0.29) is 0 Å². The zero-order chi connectivity index (χ0) is 13.6. The Hall–Kier alpha value is -1.09. The summed E-state index contributed by atoms with van der Waals surface area (Å²) in [5.41, 5.74) is 5.57. The van der Waals surface area contributed by atoms with Gasteiger partial charge in [-0.3, -0.25) is 0 Å². The molecule has 2 nitrogen and oxygen atoms in total. The van der Waals surface area contributed by atoms with E-state index in [1.807, 2.05) is 0 Å². The minimum Gasteiger partial charge on any atom is -0.331 e. The lowest BCUT2D eigenvalue weighted by molar-refractivity contribution is 0.455. The number of nitrogens with zero attached hydrogens (tertiary/aromatic N) is 2. The third-order valence-electron chi connectivity index (χ3n) is 4.06. The first-order valence-corrected chi connectivity index (χ1v) is 7.63. The maximum Gasteiger partial charge on any atom is 0.127 e. The van der Waals surface area contributed by atoms with Crippen LogP contribution in [0, 0.1) is 20.8 Å². The van der Waals surface area contributed by atoms with Gasteiger partial charge in [0, 0.05) is 12.5 Å². The number of fused-ring (bicyclic) bond motifs is 1. The minimum absolute atomic E-state index is 0.617. The van der Waals surface area contributed by atoms with Gasteiger partial charge >= 0.3 is 0 Å². The van der Waals surface area contributed by atoms with Gasteiger partial charge < -0.3 is 4.57 Å². The SMILES string of the molecule is Cc1cc(C)cc(C2CCc3c(Br)nc(C)n3C2)c1. The Balaban J connectivity index is 1.95. The van der Waals surface area contributed by atoms with Crippen LogP contribution < -0.4 is 0 Å². The molecule has 1 aromatic carbocycles. The van der Waals surface area contributed by atoms with Crippen molar-refractivity contribution in [2.24, 2.45) is 0 Å². The normalized spacial score (nSPS) is 18.4. The molecule has 2 aromatic rings. The molecule has 1 unspecified atom stereocenters. The molecule has 1 atom stereocenters. The van der Waals surface area contributed by atoms with Crippen molar-refractivity contribution in [3.63, 3.8) is 0 Å². The van der Waals surface area contributed by atoms with Crippen LogP contribution in [0.25, 0.3) is 0 Å². The van der Waals surface area contributed by atoms with Gasteiger partial charge in [0.2, 0.25) is 0 Å². The number of aromatic nitrogens is 2. The van der Waals surface area contributed by atoms with Crippen molar-refractivity contribution >= 4 is 15.9 Å². The number of hydrogen-bond acceptors (Lipinski definition) is 1. The second-order valence-corrected chi connectivity index (χ2v) is 6.41. The first kappa shape index (κ1) is 12.9. The fraction of sp³-hybridized carbons (Fsp3) is 0.438. The average molecular weight is 319 g/mol. The Morgan fingerprint density at radius 2 is 1.84 bits per heavy atom. The summed E-state index contributed by atoms with van der Waals surface area (Å²) in [5.74, 6) is 1.74. The van der Waals surface area contributed by atoms with Crippen molar-refractivity contribution in [3.8, 4) is 0 Å². The van der Waals surface area contributed by atoms with Crippen LogP contribution in [0.15, 0.2) is 22.8 Å². The van der Waals surface area contributed by atoms with E-state index in [4.69, 9.17) is 0 Å². The zero-order valence-corrected chi connectivity index (χ0v) is 13.3. The van der Waals surface area contributed by atoms with Crippen LogP contribution >= 0.6 is 15.9 Å². The molecule has 1 aromatic heterocycles. The fourth-order valence-corrected chi connectivity index (χ4v) is 3.86. The fourth-order valence-electron chi connectivity index (χ4n) is 3.19. The molecule has 0 saturated carbocycles. The maximum atomic E-state index is 4.54. The highest BCUT2D eigenvalue weighted by molar-refractivity contribution is 9.10. The first-order chi connectivity index (χ1) is 9.04. The van der Waals surface area contributed by atoms with Gasteiger partial charge in [-0.05, 0) is 55.1 Å². The largest absolute Gasteiger partial charge is 0.331 e. The molecule has 0 N–H and O–H groups in total. The van der Waals surface area contributed by atoms with Crippen LogP contribution in [0.1, 0.15) is 40.5 Å². The van der Waals surface area contributed by atoms with E-state index in [2.05, 4.69) is 64.5 Å². The van der Waals surface area contributed by atoms with Gasteiger partial charge in [-0.2, -0.15) is 0 Å². The molecular formula is C16H19BrN2. The van der Waals surface area contributed by atoms with Gasteiger partial charge in [-0.15, -0.1) is 0 Å². The predicted octanol–water partition coefficient (Wildman–Crippen LogP) is 4.30.